The van der Waals surface area contributed by atoms with Gasteiger partial charge >= 0.3 is 6.03 Å². The second-order valence-corrected chi connectivity index (χ2v) is 19.3. The van der Waals surface area contributed by atoms with E-state index in [1.807, 2.05) is 0 Å². The Labute approximate surface area is 399 Å². The minimum absolute atomic E-state index is 0.0292. The number of anilines is 1. The molecule has 1 aliphatic carbocycles. The molecule has 2 aromatic heterocycles. The first kappa shape index (κ1) is 52.2. The first-order chi connectivity index (χ1) is 32.4. The first-order valence-electron chi connectivity index (χ1n) is 22.8. The molecule has 1 aromatic carbocycles. The summed E-state index contributed by atoms with van der Waals surface area (Å²) in [5, 5.41) is 20.7. The van der Waals surface area contributed by atoms with Gasteiger partial charge in [-0.05, 0) is 54.2 Å². The average molecular weight is 958 g/mol. The molecule has 21 heteroatoms. The fourth-order valence-electron chi connectivity index (χ4n) is 8.20. The highest BCUT2D eigenvalue weighted by Gasteiger charge is 2.45. The third-order valence-corrected chi connectivity index (χ3v) is 12.8. The zero-order valence-electron chi connectivity index (χ0n) is 39.3. The average Bonchev–Trinajstić information content (AvgIpc) is 4.02. The minimum atomic E-state index is -1.34. The molecule has 2 aliphatic rings. The maximum atomic E-state index is 14.5. The van der Waals surface area contributed by atoms with Gasteiger partial charge in [-0.2, -0.15) is 0 Å². The predicted octanol–water partition coefficient (Wildman–Crippen LogP) is 2.31. The van der Waals surface area contributed by atoms with Gasteiger partial charge in [-0.25, -0.2) is 9.78 Å². The van der Waals surface area contributed by atoms with Crippen LogP contribution >= 0.6 is 11.3 Å². The van der Waals surface area contributed by atoms with Crippen molar-refractivity contribution in [3.8, 4) is 0 Å². The fraction of sp³-hybridized carbons (Fsp3) is 0.511. The smallest absolute Gasteiger partial charge is 0.321 e. The highest BCUT2D eigenvalue weighted by Crippen LogP contribution is 2.29. The van der Waals surface area contributed by atoms with Crippen molar-refractivity contribution in [1.82, 2.24) is 51.7 Å². The van der Waals surface area contributed by atoms with Crippen molar-refractivity contribution < 1.29 is 43.2 Å². The Morgan fingerprint density at radius 3 is 2.19 bits per heavy atom. The van der Waals surface area contributed by atoms with Gasteiger partial charge in [-0.15, -0.1) is 11.3 Å². The lowest BCUT2D eigenvalue weighted by atomic mass is 9.82. The third-order valence-electron chi connectivity index (χ3n) is 11.9. The number of likely N-dealkylation sites (N-methyl/N-ethyl adjacent to an activating group) is 1. The van der Waals surface area contributed by atoms with E-state index in [1.54, 1.807) is 89.6 Å². The van der Waals surface area contributed by atoms with E-state index in [2.05, 4.69) is 47.2 Å². The Morgan fingerprint density at radius 2 is 1.57 bits per heavy atom. The Balaban J connectivity index is 1.32. The Kier molecular flexibility index (Phi) is 18.7. The lowest BCUT2D eigenvalue weighted by Gasteiger charge is -2.35. The van der Waals surface area contributed by atoms with Crippen LogP contribution in [0.4, 0.5) is 10.5 Å². The molecule has 1 saturated carbocycles. The van der Waals surface area contributed by atoms with Crippen LogP contribution in [0, 0.1) is 17.3 Å². The maximum Gasteiger partial charge on any atom is 0.321 e. The van der Waals surface area contributed by atoms with Gasteiger partial charge in [0.15, 0.2) is 0 Å². The number of benzene rings is 1. The maximum absolute atomic E-state index is 14.5. The van der Waals surface area contributed by atoms with Crippen LogP contribution in [0.5, 0.6) is 0 Å². The number of likely N-dealkylation sites (tertiary alicyclic amines) is 1. The van der Waals surface area contributed by atoms with Crippen LogP contribution in [0.25, 0.3) is 0 Å². The van der Waals surface area contributed by atoms with Crippen LogP contribution in [0.1, 0.15) is 94.0 Å². The van der Waals surface area contributed by atoms with Gasteiger partial charge in [0.05, 0.1) is 30.7 Å². The standard InChI is InChI=1S/C47H63N11O9S/c1-7-15-31(38(60)43(64)50-25-35(59)54-37(45(66)57(5)6)34-20-14-23-68-34)52-40(61)30-26-58(46(67)51-29-18-12-9-13-19-29)27-33(30)53-44(65)39(47(2,3)4)56-42(63)36(28-16-10-8-11-17-28)55-41(62)32-24-48-21-22-49-32/h9,12-14,18-24,28,30-31,33,36-37,39H,7-8,10-11,15-17,25-27H2,1-6H3,(H,50,64)(H,51,67)(H,52,61)(H,53,65)(H,54,59)(H,55,62)(H,56,63)/t30-,31+,33+,36+,37+,39-/m1/s1. The van der Waals surface area contributed by atoms with E-state index < -0.39 is 101 Å². The zero-order chi connectivity index (χ0) is 49.5. The largest absolute Gasteiger partial charge is 0.349 e. The number of hydrogen-bond donors (Lipinski definition) is 7. The summed E-state index contributed by atoms with van der Waals surface area (Å²) >= 11 is 1.26. The summed E-state index contributed by atoms with van der Waals surface area (Å²) in [5.41, 5.74) is -0.385. The van der Waals surface area contributed by atoms with Gasteiger partial charge in [0.25, 0.3) is 11.8 Å². The summed E-state index contributed by atoms with van der Waals surface area (Å²) in [4.78, 5) is 134. The van der Waals surface area contributed by atoms with Crippen molar-refractivity contribution in [3.05, 3.63) is 77.0 Å². The van der Waals surface area contributed by atoms with E-state index in [4.69, 9.17) is 0 Å². The Hall–Kier alpha value is -6.77. The quantitative estimate of drug-likeness (QED) is 0.0858. The van der Waals surface area contributed by atoms with Crippen molar-refractivity contribution in [2.24, 2.45) is 17.3 Å². The molecule has 9 amide bonds. The van der Waals surface area contributed by atoms with Crippen LogP contribution in [0.3, 0.4) is 0 Å². The van der Waals surface area contributed by atoms with Crippen molar-refractivity contribution in [3.63, 3.8) is 0 Å². The molecule has 5 rings (SSSR count). The van der Waals surface area contributed by atoms with E-state index in [0.717, 1.165) is 19.3 Å². The Morgan fingerprint density at radius 1 is 0.853 bits per heavy atom. The van der Waals surface area contributed by atoms with Crippen molar-refractivity contribution in [1.29, 1.82) is 0 Å². The normalized spacial score (nSPS) is 17.8. The van der Waals surface area contributed by atoms with Crippen molar-refractivity contribution in [2.75, 3.05) is 39.0 Å². The van der Waals surface area contributed by atoms with Crippen LogP contribution < -0.4 is 37.2 Å². The number of rotatable bonds is 19. The summed E-state index contributed by atoms with van der Waals surface area (Å²) in [5.74, 6) is -7.20. The van der Waals surface area contributed by atoms with Crippen LogP contribution in [-0.2, 0) is 33.6 Å². The van der Waals surface area contributed by atoms with Crippen molar-refractivity contribution >= 4 is 70.2 Å². The topological polar surface area (TPSA) is 270 Å². The van der Waals surface area contributed by atoms with E-state index in [9.17, 15) is 43.2 Å². The summed E-state index contributed by atoms with van der Waals surface area (Å²) < 4.78 is 0. The molecule has 0 unspecified atom stereocenters. The Bertz CT molecular complexity index is 2250. The summed E-state index contributed by atoms with van der Waals surface area (Å²) in [6.45, 7) is 6.04. The SMILES string of the molecule is CCC[C@H](NC(=O)[C@@H]1CN(C(=O)Nc2ccccc2)C[C@@H]1NC(=O)[C@@H](NC(=O)[C@@H](NC(=O)c1cnccn1)C1CCCCC1)C(C)(C)C)C(=O)C(=O)NCC(=O)N[C@H](C(=O)N(C)C)c1cccs1. The molecule has 3 aromatic rings. The third kappa shape index (κ3) is 14.4. The molecule has 1 aliphatic heterocycles. The predicted molar refractivity (Wildman–Crippen MR) is 252 cm³/mol. The van der Waals surface area contributed by atoms with Gasteiger partial charge < -0.3 is 47.0 Å². The highest BCUT2D eigenvalue weighted by atomic mass is 32.1. The number of para-hydroxylation sites is 1. The molecule has 7 N–H and O–H groups in total. The number of carbonyl (C=O) groups is 9. The molecule has 0 radical (unpaired) electrons. The molecular formula is C47H63N11O9S. The number of hydrogen-bond acceptors (Lipinski definition) is 12. The zero-order valence-corrected chi connectivity index (χ0v) is 40.2. The number of nitrogens with zero attached hydrogens (tertiary/aromatic N) is 4. The van der Waals surface area contributed by atoms with Gasteiger partial charge in [0, 0.05) is 50.1 Å². The highest BCUT2D eigenvalue weighted by molar-refractivity contribution is 7.10. The second kappa shape index (κ2) is 24.3. The number of ketones is 1. The summed E-state index contributed by atoms with van der Waals surface area (Å²) in [6.07, 6.45) is 8.58. The van der Waals surface area contributed by atoms with E-state index in [0.29, 0.717) is 29.8 Å². The molecule has 2 fully saturated rings. The van der Waals surface area contributed by atoms with E-state index in [1.165, 1.54) is 39.7 Å². The summed E-state index contributed by atoms with van der Waals surface area (Å²) in [7, 11) is 3.08. The minimum Gasteiger partial charge on any atom is -0.349 e. The number of amides is 9. The van der Waals surface area contributed by atoms with E-state index in [-0.39, 0.29) is 31.1 Å². The number of thiophene rings is 1. The number of carbonyl (C=O) groups excluding carboxylic acids is 9. The number of urea groups is 1. The molecule has 0 bridgehead atoms. The van der Waals surface area contributed by atoms with Gasteiger partial charge in [0.2, 0.25) is 35.3 Å². The second-order valence-electron chi connectivity index (χ2n) is 18.3. The molecule has 1 saturated heterocycles. The van der Waals surface area contributed by atoms with Crippen LogP contribution in [0.15, 0.2) is 66.4 Å². The lowest BCUT2D eigenvalue weighted by Crippen LogP contribution is -2.61. The van der Waals surface area contributed by atoms with Gasteiger partial charge in [-0.1, -0.05) is 77.6 Å². The van der Waals surface area contributed by atoms with Crippen LogP contribution in [0.2, 0.25) is 0 Å². The molecular weight excluding hydrogens is 895 g/mol. The fourth-order valence-corrected chi connectivity index (χ4v) is 8.97. The van der Waals surface area contributed by atoms with Gasteiger partial charge in [0.1, 0.15) is 23.8 Å². The molecule has 366 valence electrons. The number of Topliss-reactive ketones (excluding diaryl/α,β-unsaturated/α-hetero) is 1. The number of aromatic nitrogens is 2. The van der Waals surface area contributed by atoms with Crippen molar-refractivity contribution in [2.45, 2.75) is 103 Å². The monoisotopic (exact) mass is 957 g/mol. The molecule has 3 heterocycles. The molecule has 6 atom stereocenters. The molecule has 68 heavy (non-hydrogen) atoms. The first-order valence-corrected chi connectivity index (χ1v) is 23.7. The van der Waals surface area contributed by atoms with Crippen LogP contribution in [-0.4, -0.2) is 131 Å². The lowest BCUT2D eigenvalue weighted by molar-refractivity contribution is -0.141. The van der Waals surface area contributed by atoms with Gasteiger partial charge in [-0.3, -0.25) is 43.3 Å². The summed E-state index contributed by atoms with van der Waals surface area (Å²) in [6, 6.07) is 5.90. The molecule has 20 nitrogen and oxygen atoms in total. The molecule has 0 spiro atoms. The van der Waals surface area contributed by atoms with E-state index >= 15 is 0 Å². The number of nitrogens with one attached hydrogen (secondary N) is 7.